The van der Waals surface area contributed by atoms with E-state index in [4.69, 9.17) is 5.73 Å². The van der Waals surface area contributed by atoms with Crippen molar-refractivity contribution < 1.29 is 13.2 Å². The molecule has 0 saturated carbocycles. The van der Waals surface area contributed by atoms with E-state index in [9.17, 15) is 13.2 Å². The van der Waals surface area contributed by atoms with Gasteiger partial charge >= 0.3 is 0 Å². The van der Waals surface area contributed by atoms with Gasteiger partial charge in [0.1, 0.15) is 0 Å². The lowest BCUT2D eigenvalue weighted by Crippen LogP contribution is -2.26. The van der Waals surface area contributed by atoms with E-state index in [0.717, 1.165) is 6.42 Å². The fourth-order valence-corrected chi connectivity index (χ4v) is 2.42. The van der Waals surface area contributed by atoms with Crippen LogP contribution in [0.3, 0.4) is 0 Å². The molecule has 0 radical (unpaired) electrons. The molecule has 118 valence electrons. The number of carbonyl (C=O) groups excluding carboxylic acids is 1. The Bertz CT molecular complexity index is 587. The van der Waals surface area contributed by atoms with Gasteiger partial charge in [-0.1, -0.05) is 6.92 Å². The summed E-state index contributed by atoms with van der Waals surface area (Å²) in [6, 6.07) is 4.43. The monoisotopic (exact) mass is 314 g/mol. The average molecular weight is 314 g/mol. The van der Waals surface area contributed by atoms with Crippen molar-refractivity contribution in [2.45, 2.75) is 24.7 Å². The topological polar surface area (TPSA) is 113 Å². The van der Waals surface area contributed by atoms with E-state index in [1.54, 1.807) is 6.07 Å². The summed E-state index contributed by atoms with van der Waals surface area (Å²) in [5, 5.41) is 5.79. The second-order valence-electron chi connectivity index (χ2n) is 4.48. The molecule has 0 aliphatic rings. The number of nitrogens with two attached hydrogens (primary N) is 1. The molecule has 0 spiro atoms. The van der Waals surface area contributed by atoms with Gasteiger partial charge in [0.2, 0.25) is 15.9 Å². The molecule has 0 heterocycles. The quantitative estimate of drug-likeness (QED) is 0.522. The largest absolute Gasteiger partial charge is 0.397 e. The second-order valence-corrected chi connectivity index (χ2v) is 6.37. The molecule has 0 aromatic heterocycles. The molecule has 0 unspecified atom stereocenters. The van der Waals surface area contributed by atoms with E-state index >= 15 is 0 Å². The van der Waals surface area contributed by atoms with Crippen LogP contribution < -0.4 is 21.1 Å². The standard InChI is InChI=1S/C13H22N4O3S/c1-3-7-17-13(18)6-8-16-12-5-4-10(9-11(12)14)21(19,20)15-2/h4-5,9,15-16H,3,6-8,14H2,1-2H3,(H,17,18). The molecule has 1 rings (SSSR count). The first kappa shape index (κ1) is 17.3. The zero-order chi connectivity index (χ0) is 15.9. The Morgan fingerprint density at radius 2 is 2.00 bits per heavy atom. The molecule has 0 bridgehead atoms. The SMILES string of the molecule is CCCNC(=O)CCNc1ccc(S(=O)(=O)NC)cc1N. The fraction of sp³-hybridized carbons (Fsp3) is 0.462. The number of sulfonamides is 1. The first-order chi connectivity index (χ1) is 9.90. The van der Waals surface area contributed by atoms with Crippen LogP contribution in [-0.2, 0) is 14.8 Å². The highest BCUT2D eigenvalue weighted by Gasteiger charge is 2.12. The number of rotatable bonds is 8. The molecule has 1 amide bonds. The number of carbonyl (C=O) groups is 1. The van der Waals surface area contributed by atoms with Crippen molar-refractivity contribution in [2.75, 3.05) is 31.2 Å². The van der Waals surface area contributed by atoms with Gasteiger partial charge in [-0.05, 0) is 31.7 Å². The molecule has 1 aromatic rings. The van der Waals surface area contributed by atoms with Gasteiger partial charge in [-0.15, -0.1) is 0 Å². The number of anilines is 2. The maximum absolute atomic E-state index is 11.6. The van der Waals surface area contributed by atoms with E-state index in [1.807, 2.05) is 6.92 Å². The predicted octanol–water partition coefficient (Wildman–Crippen LogP) is 0.505. The van der Waals surface area contributed by atoms with Crippen molar-refractivity contribution in [3.05, 3.63) is 18.2 Å². The van der Waals surface area contributed by atoms with Gasteiger partial charge in [-0.2, -0.15) is 0 Å². The summed E-state index contributed by atoms with van der Waals surface area (Å²) >= 11 is 0. The zero-order valence-electron chi connectivity index (χ0n) is 12.3. The molecule has 0 aliphatic carbocycles. The summed E-state index contributed by atoms with van der Waals surface area (Å²) in [5.41, 5.74) is 6.74. The fourth-order valence-electron chi connectivity index (χ4n) is 1.65. The van der Waals surface area contributed by atoms with Gasteiger partial charge in [0.15, 0.2) is 0 Å². The summed E-state index contributed by atoms with van der Waals surface area (Å²) in [4.78, 5) is 11.5. The van der Waals surface area contributed by atoms with Crippen molar-refractivity contribution in [1.82, 2.24) is 10.0 Å². The summed E-state index contributed by atoms with van der Waals surface area (Å²) in [7, 11) is -2.16. The number of hydrogen-bond acceptors (Lipinski definition) is 5. The van der Waals surface area contributed by atoms with Crippen LogP contribution in [0, 0.1) is 0 Å². The lowest BCUT2D eigenvalue weighted by molar-refractivity contribution is -0.120. The summed E-state index contributed by atoms with van der Waals surface area (Å²) in [6.45, 7) is 3.08. The van der Waals surface area contributed by atoms with Crippen molar-refractivity contribution in [2.24, 2.45) is 0 Å². The lowest BCUT2D eigenvalue weighted by Gasteiger charge is -2.11. The second kappa shape index (κ2) is 7.84. The number of amides is 1. The lowest BCUT2D eigenvalue weighted by atomic mass is 10.2. The minimum absolute atomic E-state index is 0.0303. The normalized spacial score (nSPS) is 11.1. The van der Waals surface area contributed by atoms with Gasteiger partial charge in [-0.3, -0.25) is 4.79 Å². The van der Waals surface area contributed by atoms with Crippen LogP contribution in [-0.4, -0.2) is 34.5 Å². The molecule has 0 saturated heterocycles. The van der Waals surface area contributed by atoms with E-state index in [2.05, 4.69) is 15.4 Å². The highest BCUT2D eigenvalue weighted by atomic mass is 32.2. The summed E-state index contributed by atoms with van der Waals surface area (Å²) < 4.78 is 25.5. The van der Waals surface area contributed by atoms with E-state index < -0.39 is 10.0 Å². The first-order valence-electron chi connectivity index (χ1n) is 6.74. The molecule has 5 N–H and O–H groups in total. The predicted molar refractivity (Wildman–Crippen MR) is 83.5 cm³/mol. The Kier molecular flexibility index (Phi) is 6.44. The van der Waals surface area contributed by atoms with E-state index in [1.165, 1.54) is 19.2 Å². The van der Waals surface area contributed by atoms with Crippen LogP contribution in [0.15, 0.2) is 23.1 Å². The van der Waals surface area contributed by atoms with Gasteiger partial charge in [-0.25, -0.2) is 13.1 Å². The molecule has 0 fully saturated rings. The summed E-state index contributed by atoms with van der Waals surface area (Å²) in [5.74, 6) is -0.0303. The highest BCUT2D eigenvalue weighted by Crippen LogP contribution is 2.22. The number of nitrogen functional groups attached to an aromatic ring is 1. The van der Waals surface area contributed by atoms with Gasteiger partial charge in [0.05, 0.1) is 16.3 Å². The van der Waals surface area contributed by atoms with E-state index in [-0.39, 0.29) is 10.8 Å². The Balaban J connectivity index is 2.60. The van der Waals surface area contributed by atoms with Crippen LogP contribution in [0.2, 0.25) is 0 Å². The third-order valence-electron chi connectivity index (χ3n) is 2.84. The van der Waals surface area contributed by atoms with Crippen molar-refractivity contribution >= 4 is 27.3 Å². The maximum Gasteiger partial charge on any atom is 0.240 e. The van der Waals surface area contributed by atoms with Crippen molar-refractivity contribution in [3.8, 4) is 0 Å². The molecule has 8 heteroatoms. The molecule has 0 aliphatic heterocycles. The number of hydrogen-bond donors (Lipinski definition) is 4. The average Bonchev–Trinajstić information content (AvgIpc) is 2.46. The van der Waals surface area contributed by atoms with Crippen LogP contribution in [0.5, 0.6) is 0 Å². The third-order valence-corrected chi connectivity index (χ3v) is 4.25. The molecule has 0 atom stereocenters. The van der Waals surface area contributed by atoms with Crippen LogP contribution in [0.25, 0.3) is 0 Å². The van der Waals surface area contributed by atoms with E-state index in [0.29, 0.717) is 30.9 Å². The minimum atomic E-state index is -3.50. The van der Waals surface area contributed by atoms with Crippen LogP contribution in [0.1, 0.15) is 19.8 Å². The molecular formula is C13H22N4O3S. The minimum Gasteiger partial charge on any atom is -0.397 e. The van der Waals surface area contributed by atoms with Gasteiger partial charge < -0.3 is 16.4 Å². The first-order valence-corrected chi connectivity index (χ1v) is 8.22. The molecule has 21 heavy (non-hydrogen) atoms. The van der Waals surface area contributed by atoms with Crippen molar-refractivity contribution in [3.63, 3.8) is 0 Å². The Morgan fingerprint density at radius 1 is 1.29 bits per heavy atom. The smallest absolute Gasteiger partial charge is 0.240 e. The molecular weight excluding hydrogens is 292 g/mol. The van der Waals surface area contributed by atoms with Crippen LogP contribution >= 0.6 is 0 Å². The third kappa shape index (κ3) is 5.24. The van der Waals surface area contributed by atoms with Gasteiger partial charge in [0, 0.05) is 19.5 Å². The zero-order valence-corrected chi connectivity index (χ0v) is 13.1. The Hall–Kier alpha value is -1.80. The van der Waals surface area contributed by atoms with Gasteiger partial charge in [0.25, 0.3) is 0 Å². The molecule has 7 nitrogen and oxygen atoms in total. The molecule has 1 aromatic carbocycles. The summed E-state index contributed by atoms with van der Waals surface area (Å²) in [6.07, 6.45) is 1.23. The Labute approximate surface area is 125 Å². The number of nitrogens with one attached hydrogen (secondary N) is 3. The highest BCUT2D eigenvalue weighted by molar-refractivity contribution is 7.89. The van der Waals surface area contributed by atoms with Crippen molar-refractivity contribution in [1.29, 1.82) is 0 Å². The maximum atomic E-state index is 11.6. The Morgan fingerprint density at radius 3 is 2.57 bits per heavy atom. The number of benzene rings is 1. The van der Waals surface area contributed by atoms with Crippen LogP contribution in [0.4, 0.5) is 11.4 Å².